The van der Waals surface area contributed by atoms with E-state index < -0.39 is 0 Å². The Labute approximate surface area is 158 Å². The fraction of sp³-hybridized carbons (Fsp3) is 0.263. The zero-order chi connectivity index (χ0) is 18.9. The Bertz CT molecular complexity index is 750. The van der Waals surface area contributed by atoms with E-state index in [4.69, 9.17) is 16.3 Å². The first kappa shape index (κ1) is 19.8. The molecule has 2 aromatic carbocycles. The van der Waals surface area contributed by atoms with E-state index in [1.807, 2.05) is 19.1 Å². The number of amides is 2. The summed E-state index contributed by atoms with van der Waals surface area (Å²) in [5.41, 5.74) is 1.27. The molecule has 0 saturated carbocycles. The van der Waals surface area contributed by atoms with E-state index >= 15 is 0 Å². The highest BCUT2D eigenvalue weighted by atomic mass is 35.5. The molecule has 0 aliphatic heterocycles. The molecule has 0 radical (unpaired) electrons. The van der Waals surface area contributed by atoms with Crippen LogP contribution in [0.4, 0.5) is 11.4 Å². The standard InChI is InChI=1S/C19H22ClN3O3/c1-3-26-17-7-5-4-6-16(17)22-19(25)13-23(2)12-18(24)21-15-10-8-14(20)9-11-15/h4-11H,3,12-13H2,1-2H3,(H,21,24)(H,22,25). The van der Waals surface area contributed by atoms with Crippen molar-refractivity contribution in [1.29, 1.82) is 0 Å². The van der Waals surface area contributed by atoms with Gasteiger partial charge in [-0.25, -0.2) is 0 Å². The maximum atomic E-state index is 12.2. The molecule has 2 aromatic rings. The molecule has 26 heavy (non-hydrogen) atoms. The first-order chi connectivity index (χ1) is 12.5. The van der Waals surface area contributed by atoms with E-state index in [1.54, 1.807) is 48.3 Å². The summed E-state index contributed by atoms with van der Waals surface area (Å²) in [5.74, 6) is 0.183. The van der Waals surface area contributed by atoms with Crippen molar-refractivity contribution in [2.75, 3.05) is 37.4 Å². The number of nitrogens with zero attached hydrogens (tertiary/aromatic N) is 1. The molecule has 2 amide bonds. The van der Waals surface area contributed by atoms with E-state index in [0.717, 1.165) is 0 Å². The molecule has 2 N–H and O–H groups in total. The van der Waals surface area contributed by atoms with Crippen LogP contribution in [0.5, 0.6) is 5.75 Å². The van der Waals surface area contributed by atoms with Crippen molar-refractivity contribution in [3.8, 4) is 5.75 Å². The second-order valence-electron chi connectivity index (χ2n) is 5.70. The Morgan fingerprint density at radius 2 is 1.62 bits per heavy atom. The molecule has 0 fully saturated rings. The van der Waals surface area contributed by atoms with Crippen LogP contribution >= 0.6 is 11.6 Å². The second-order valence-corrected chi connectivity index (χ2v) is 6.14. The van der Waals surface area contributed by atoms with Crippen LogP contribution in [0, 0.1) is 0 Å². The molecule has 0 spiro atoms. The fourth-order valence-corrected chi connectivity index (χ4v) is 2.45. The minimum atomic E-state index is -0.223. The highest BCUT2D eigenvalue weighted by Gasteiger charge is 2.13. The minimum absolute atomic E-state index is 0.0779. The SMILES string of the molecule is CCOc1ccccc1NC(=O)CN(C)CC(=O)Nc1ccc(Cl)cc1. The molecule has 2 rings (SSSR count). The number of rotatable bonds is 8. The normalized spacial score (nSPS) is 10.5. The third-order valence-electron chi connectivity index (χ3n) is 3.42. The molecule has 0 aliphatic carbocycles. The third-order valence-corrected chi connectivity index (χ3v) is 3.67. The number of anilines is 2. The molecule has 0 aliphatic rings. The minimum Gasteiger partial charge on any atom is -0.492 e. The lowest BCUT2D eigenvalue weighted by Crippen LogP contribution is -2.36. The van der Waals surface area contributed by atoms with Crippen LogP contribution in [0.25, 0.3) is 0 Å². The molecule has 7 heteroatoms. The van der Waals surface area contributed by atoms with Crippen LogP contribution in [-0.4, -0.2) is 43.5 Å². The van der Waals surface area contributed by atoms with Crippen molar-refractivity contribution >= 4 is 34.8 Å². The van der Waals surface area contributed by atoms with Gasteiger partial charge in [-0.15, -0.1) is 0 Å². The van der Waals surface area contributed by atoms with E-state index in [1.165, 1.54) is 0 Å². The van der Waals surface area contributed by atoms with Crippen molar-refractivity contribution in [3.05, 3.63) is 53.6 Å². The molecule has 6 nitrogen and oxygen atoms in total. The topological polar surface area (TPSA) is 70.7 Å². The van der Waals surface area contributed by atoms with E-state index in [9.17, 15) is 9.59 Å². The molecule has 138 valence electrons. The first-order valence-corrected chi connectivity index (χ1v) is 8.61. The summed E-state index contributed by atoms with van der Waals surface area (Å²) in [5, 5.41) is 6.16. The van der Waals surface area contributed by atoms with Crippen LogP contribution in [-0.2, 0) is 9.59 Å². The van der Waals surface area contributed by atoms with Gasteiger partial charge in [-0.3, -0.25) is 14.5 Å². The molecule has 0 unspecified atom stereocenters. The smallest absolute Gasteiger partial charge is 0.238 e. The Balaban J connectivity index is 1.83. The maximum Gasteiger partial charge on any atom is 0.238 e. The third kappa shape index (κ3) is 6.38. The highest BCUT2D eigenvalue weighted by Crippen LogP contribution is 2.23. The molecule has 0 saturated heterocycles. The highest BCUT2D eigenvalue weighted by molar-refractivity contribution is 6.30. The monoisotopic (exact) mass is 375 g/mol. The molecular weight excluding hydrogens is 354 g/mol. The molecule has 0 atom stereocenters. The number of ether oxygens (including phenoxy) is 1. The maximum absolute atomic E-state index is 12.2. The van der Waals surface area contributed by atoms with Crippen LogP contribution in [0.1, 0.15) is 6.92 Å². The predicted octanol–water partition coefficient (Wildman–Crippen LogP) is 3.25. The Hall–Kier alpha value is -2.57. The summed E-state index contributed by atoms with van der Waals surface area (Å²) in [6.07, 6.45) is 0. The number of carbonyl (C=O) groups excluding carboxylic acids is 2. The lowest BCUT2D eigenvalue weighted by atomic mass is 10.3. The van der Waals surface area contributed by atoms with Crippen molar-refractivity contribution in [2.45, 2.75) is 6.92 Å². The molecular formula is C19H22ClN3O3. The number of para-hydroxylation sites is 2. The van der Waals surface area contributed by atoms with Gasteiger partial charge in [0.2, 0.25) is 11.8 Å². The Kier molecular flexibility index (Phi) is 7.44. The van der Waals surface area contributed by atoms with Gasteiger partial charge in [-0.05, 0) is 50.4 Å². The van der Waals surface area contributed by atoms with Gasteiger partial charge in [-0.2, -0.15) is 0 Å². The van der Waals surface area contributed by atoms with E-state index in [0.29, 0.717) is 28.8 Å². The zero-order valence-corrected chi connectivity index (χ0v) is 15.5. The van der Waals surface area contributed by atoms with Gasteiger partial charge < -0.3 is 15.4 Å². The Morgan fingerprint density at radius 3 is 2.27 bits per heavy atom. The predicted molar refractivity (Wildman–Crippen MR) is 104 cm³/mol. The second kappa shape index (κ2) is 9.79. The number of hydrogen-bond acceptors (Lipinski definition) is 4. The fourth-order valence-electron chi connectivity index (χ4n) is 2.32. The van der Waals surface area contributed by atoms with Crippen molar-refractivity contribution in [2.24, 2.45) is 0 Å². The van der Waals surface area contributed by atoms with Crippen LogP contribution < -0.4 is 15.4 Å². The van der Waals surface area contributed by atoms with Crippen LogP contribution in [0.2, 0.25) is 5.02 Å². The van der Waals surface area contributed by atoms with Crippen molar-refractivity contribution < 1.29 is 14.3 Å². The van der Waals surface area contributed by atoms with Crippen LogP contribution in [0.3, 0.4) is 0 Å². The Morgan fingerprint density at radius 1 is 1.00 bits per heavy atom. The van der Waals surface area contributed by atoms with Crippen molar-refractivity contribution in [1.82, 2.24) is 4.90 Å². The van der Waals surface area contributed by atoms with Gasteiger partial charge in [0, 0.05) is 10.7 Å². The summed E-state index contributed by atoms with van der Waals surface area (Å²) in [6, 6.07) is 14.1. The number of nitrogens with one attached hydrogen (secondary N) is 2. The average molecular weight is 376 g/mol. The lowest BCUT2D eigenvalue weighted by molar-refractivity contribution is -0.119. The van der Waals surface area contributed by atoms with Crippen molar-refractivity contribution in [3.63, 3.8) is 0 Å². The van der Waals surface area contributed by atoms with Gasteiger partial charge in [-0.1, -0.05) is 23.7 Å². The molecule has 0 bridgehead atoms. The largest absolute Gasteiger partial charge is 0.492 e. The summed E-state index contributed by atoms with van der Waals surface area (Å²) in [6.45, 7) is 2.56. The quantitative estimate of drug-likeness (QED) is 0.743. The van der Waals surface area contributed by atoms with E-state index in [-0.39, 0.29) is 24.9 Å². The van der Waals surface area contributed by atoms with Gasteiger partial charge >= 0.3 is 0 Å². The molecule has 0 heterocycles. The summed E-state index contributed by atoms with van der Waals surface area (Å²) >= 11 is 5.81. The van der Waals surface area contributed by atoms with Crippen LogP contribution in [0.15, 0.2) is 48.5 Å². The number of halogens is 1. The molecule has 0 aromatic heterocycles. The first-order valence-electron chi connectivity index (χ1n) is 8.23. The summed E-state index contributed by atoms with van der Waals surface area (Å²) < 4.78 is 5.48. The van der Waals surface area contributed by atoms with Gasteiger partial charge in [0.1, 0.15) is 5.75 Å². The number of likely N-dealkylation sites (N-methyl/N-ethyl adjacent to an activating group) is 1. The lowest BCUT2D eigenvalue weighted by Gasteiger charge is -2.17. The summed E-state index contributed by atoms with van der Waals surface area (Å²) in [4.78, 5) is 25.9. The number of carbonyl (C=O) groups is 2. The van der Waals surface area contributed by atoms with Gasteiger partial charge in [0.25, 0.3) is 0 Å². The average Bonchev–Trinajstić information content (AvgIpc) is 2.58. The summed E-state index contributed by atoms with van der Waals surface area (Å²) in [7, 11) is 1.70. The number of hydrogen-bond donors (Lipinski definition) is 2. The van der Waals surface area contributed by atoms with Gasteiger partial charge in [0.05, 0.1) is 25.4 Å². The zero-order valence-electron chi connectivity index (χ0n) is 14.8. The van der Waals surface area contributed by atoms with Gasteiger partial charge in [0.15, 0.2) is 0 Å². The van der Waals surface area contributed by atoms with E-state index in [2.05, 4.69) is 10.6 Å². The number of benzene rings is 2.